The van der Waals surface area contributed by atoms with Gasteiger partial charge in [-0.2, -0.15) is 0 Å². The summed E-state index contributed by atoms with van der Waals surface area (Å²) in [4.78, 5) is 0. The van der Waals surface area contributed by atoms with Gasteiger partial charge in [-0.1, -0.05) is 11.6 Å². The molecule has 1 heterocycles. The third-order valence-corrected chi connectivity index (χ3v) is 3.67. The van der Waals surface area contributed by atoms with Crippen molar-refractivity contribution in [2.75, 3.05) is 6.61 Å². The van der Waals surface area contributed by atoms with Crippen LogP contribution in [-0.4, -0.2) is 18.3 Å². The Morgan fingerprint density at radius 3 is 2.83 bits per heavy atom. The third-order valence-electron chi connectivity index (χ3n) is 3.15. The van der Waals surface area contributed by atoms with E-state index in [0.717, 1.165) is 24.2 Å². The van der Waals surface area contributed by atoms with E-state index in [4.69, 9.17) is 32.7 Å². The fourth-order valence-electron chi connectivity index (χ4n) is 2.17. The van der Waals surface area contributed by atoms with E-state index in [1.807, 2.05) is 18.2 Å². The highest BCUT2D eigenvalue weighted by Crippen LogP contribution is 2.30. The molecule has 1 atom stereocenters. The zero-order valence-corrected chi connectivity index (χ0v) is 12.2. The van der Waals surface area contributed by atoms with E-state index in [2.05, 4.69) is 13.8 Å². The molecule has 18 heavy (non-hydrogen) atoms. The Hall–Kier alpha value is -0.440. The van der Waals surface area contributed by atoms with E-state index < -0.39 is 0 Å². The molecule has 0 radical (unpaired) electrons. The standard InChI is InChI=1S/C14H18Cl2O2/c1-14(2)6-5-12(18-14)9-17-13-4-3-11(16)7-10(13)8-15/h3-4,7,12H,5-6,8-9H2,1-2H3. The van der Waals surface area contributed by atoms with Crippen LogP contribution in [0.5, 0.6) is 5.75 Å². The minimum atomic E-state index is -0.0245. The Balaban J connectivity index is 1.94. The second-order valence-electron chi connectivity index (χ2n) is 5.23. The number of ether oxygens (including phenoxy) is 2. The van der Waals surface area contributed by atoms with E-state index in [-0.39, 0.29) is 11.7 Å². The Kier molecular flexibility index (Phi) is 4.41. The normalized spacial score (nSPS) is 22.1. The maximum atomic E-state index is 5.92. The first-order chi connectivity index (χ1) is 8.50. The van der Waals surface area contributed by atoms with Gasteiger partial charge in [-0.05, 0) is 44.9 Å². The zero-order chi connectivity index (χ0) is 13.2. The molecule has 1 aromatic carbocycles. The summed E-state index contributed by atoms with van der Waals surface area (Å²) in [6.45, 7) is 4.79. The van der Waals surface area contributed by atoms with E-state index in [9.17, 15) is 0 Å². The van der Waals surface area contributed by atoms with E-state index in [0.29, 0.717) is 17.5 Å². The van der Waals surface area contributed by atoms with Crippen molar-refractivity contribution in [1.82, 2.24) is 0 Å². The van der Waals surface area contributed by atoms with Crippen molar-refractivity contribution < 1.29 is 9.47 Å². The molecule has 0 amide bonds. The van der Waals surface area contributed by atoms with Gasteiger partial charge in [0.1, 0.15) is 12.4 Å². The van der Waals surface area contributed by atoms with Crippen LogP contribution in [0.2, 0.25) is 5.02 Å². The van der Waals surface area contributed by atoms with Gasteiger partial charge in [0.25, 0.3) is 0 Å². The van der Waals surface area contributed by atoms with Crippen LogP contribution in [0.1, 0.15) is 32.3 Å². The Labute approximate surface area is 118 Å². The lowest BCUT2D eigenvalue weighted by Crippen LogP contribution is -2.24. The molecule has 1 saturated heterocycles. The second-order valence-corrected chi connectivity index (χ2v) is 5.94. The average molecular weight is 289 g/mol. The quantitative estimate of drug-likeness (QED) is 0.764. The van der Waals surface area contributed by atoms with Crippen molar-refractivity contribution >= 4 is 23.2 Å². The van der Waals surface area contributed by atoms with E-state index in [1.165, 1.54) is 0 Å². The van der Waals surface area contributed by atoms with Crippen LogP contribution >= 0.6 is 23.2 Å². The Morgan fingerprint density at radius 1 is 1.44 bits per heavy atom. The molecule has 0 spiro atoms. The lowest BCUT2D eigenvalue weighted by atomic mass is 10.1. The number of hydrogen-bond donors (Lipinski definition) is 0. The summed E-state index contributed by atoms with van der Waals surface area (Å²) in [6, 6.07) is 5.51. The molecule has 100 valence electrons. The van der Waals surface area contributed by atoms with Gasteiger partial charge in [0.2, 0.25) is 0 Å². The summed E-state index contributed by atoms with van der Waals surface area (Å²) in [5.41, 5.74) is 0.894. The van der Waals surface area contributed by atoms with Gasteiger partial charge >= 0.3 is 0 Å². The van der Waals surface area contributed by atoms with Gasteiger partial charge in [-0.3, -0.25) is 0 Å². The highest BCUT2D eigenvalue weighted by Gasteiger charge is 2.31. The summed E-state index contributed by atoms with van der Waals surface area (Å²) in [5, 5.41) is 0.677. The first-order valence-electron chi connectivity index (χ1n) is 6.15. The average Bonchev–Trinajstić information content (AvgIpc) is 2.67. The summed E-state index contributed by atoms with van der Waals surface area (Å²) >= 11 is 11.8. The second kappa shape index (κ2) is 5.68. The molecule has 1 fully saturated rings. The van der Waals surface area contributed by atoms with Gasteiger partial charge in [0.05, 0.1) is 17.6 Å². The topological polar surface area (TPSA) is 18.5 Å². The minimum absolute atomic E-state index is 0.0245. The number of halogens is 2. The highest BCUT2D eigenvalue weighted by molar-refractivity contribution is 6.30. The van der Waals surface area contributed by atoms with Crippen molar-refractivity contribution in [2.45, 2.75) is 44.3 Å². The molecule has 0 aromatic heterocycles. The smallest absolute Gasteiger partial charge is 0.123 e. The molecule has 0 aliphatic carbocycles. The Morgan fingerprint density at radius 2 is 2.22 bits per heavy atom. The molecular formula is C14H18Cl2O2. The van der Waals surface area contributed by atoms with Gasteiger partial charge in [0.15, 0.2) is 0 Å². The summed E-state index contributed by atoms with van der Waals surface area (Å²) < 4.78 is 11.7. The van der Waals surface area contributed by atoms with Gasteiger partial charge in [-0.25, -0.2) is 0 Å². The Bertz CT molecular complexity index is 418. The summed E-state index contributed by atoms with van der Waals surface area (Å²) in [6.07, 6.45) is 2.28. The van der Waals surface area contributed by atoms with Crippen molar-refractivity contribution in [3.8, 4) is 5.75 Å². The van der Waals surface area contributed by atoms with Crippen LogP contribution in [0.4, 0.5) is 0 Å². The fourth-order valence-corrected chi connectivity index (χ4v) is 2.57. The molecule has 0 bridgehead atoms. The molecule has 1 aromatic rings. The van der Waals surface area contributed by atoms with Crippen LogP contribution in [0.3, 0.4) is 0 Å². The van der Waals surface area contributed by atoms with Crippen LogP contribution < -0.4 is 4.74 Å². The summed E-state index contributed by atoms with van der Waals surface area (Å²) in [7, 11) is 0. The van der Waals surface area contributed by atoms with Gasteiger partial charge in [-0.15, -0.1) is 11.6 Å². The maximum absolute atomic E-state index is 5.92. The van der Waals surface area contributed by atoms with Crippen molar-refractivity contribution in [2.24, 2.45) is 0 Å². The zero-order valence-electron chi connectivity index (χ0n) is 10.7. The van der Waals surface area contributed by atoms with Gasteiger partial charge < -0.3 is 9.47 Å². The number of rotatable bonds is 4. The van der Waals surface area contributed by atoms with Crippen LogP contribution in [-0.2, 0) is 10.6 Å². The number of alkyl halides is 1. The monoisotopic (exact) mass is 288 g/mol. The van der Waals surface area contributed by atoms with Gasteiger partial charge in [0, 0.05) is 10.6 Å². The first-order valence-corrected chi connectivity index (χ1v) is 7.06. The number of hydrogen-bond acceptors (Lipinski definition) is 2. The number of benzene rings is 1. The fraction of sp³-hybridized carbons (Fsp3) is 0.571. The van der Waals surface area contributed by atoms with Crippen LogP contribution in [0, 0.1) is 0 Å². The first kappa shape index (κ1) is 14.0. The molecule has 1 aliphatic rings. The molecule has 0 N–H and O–H groups in total. The van der Waals surface area contributed by atoms with Crippen LogP contribution in [0.25, 0.3) is 0 Å². The van der Waals surface area contributed by atoms with Crippen LogP contribution in [0.15, 0.2) is 18.2 Å². The molecule has 2 rings (SSSR count). The predicted octanol–water partition coefficient (Wildman–Crippen LogP) is 4.42. The van der Waals surface area contributed by atoms with E-state index in [1.54, 1.807) is 0 Å². The maximum Gasteiger partial charge on any atom is 0.123 e. The minimum Gasteiger partial charge on any atom is -0.491 e. The lowest BCUT2D eigenvalue weighted by molar-refractivity contribution is -0.0327. The lowest BCUT2D eigenvalue weighted by Gasteiger charge is -2.20. The van der Waals surface area contributed by atoms with Crippen molar-refractivity contribution in [3.63, 3.8) is 0 Å². The third kappa shape index (κ3) is 3.53. The molecule has 1 unspecified atom stereocenters. The van der Waals surface area contributed by atoms with Crippen molar-refractivity contribution in [3.05, 3.63) is 28.8 Å². The molecule has 0 saturated carbocycles. The SMILES string of the molecule is CC1(C)CCC(COc2ccc(Cl)cc2CCl)O1. The van der Waals surface area contributed by atoms with E-state index >= 15 is 0 Å². The largest absolute Gasteiger partial charge is 0.491 e. The highest BCUT2D eigenvalue weighted by atomic mass is 35.5. The molecule has 4 heteroatoms. The molecule has 1 aliphatic heterocycles. The van der Waals surface area contributed by atoms with Crippen molar-refractivity contribution in [1.29, 1.82) is 0 Å². The molecule has 2 nitrogen and oxygen atoms in total. The predicted molar refractivity (Wildman–Crippen MR) is 74.7 cm³/mol. The summed E-state index contributed by atoms with van der Waals surface area (Å²) in [5.74, 6) is 1.19. The molecular weight excluding hydrogens is 271 g/mol.